The summed E-state index contributed by atoms with van der Waals surface area (Å²) < 4.78 is 0. The number of anilines is 2. The third-order valence-corrected chi connectivity index (χ3v) is 3.72. The van der Waals surface area contributed by atoms with Gasteiger partial charge in [-0.25, -0.2) is 0 Å². The van der Waals surface area contributed by atoms with Crippen LogP contribution in [0.15, 0.2) is 18.2 Å². The quantitative estimate of drug-likeness (QED) is 0.741. The Bertz CT molecular complexity index is 446. The van der Waals surface area contributed by atoms with Gasteiger partial charge in [0.15, 0.2) is 0 Å². The van der Waals surface area contributed by atoms with E-state index in [1.165, 1.54) is 0 Å². The van der Waals surface area contributed by atoms with E-state index >= 15 is 0 Å². The van der Waals surface area contributed by atoms with Crippen LogP contribution in [-0.2, 0) is 0 Å². The maximum atomic E-state index is 9.05. The van der Waals surface area contributed by atoms with Crippen molar-refractivity contribution in [3.05, 3.63) is 23.8 Å². The molecule has 0 radical (unpaired) electrons. The van der Waals surface area contributed by atoms with E-state index in [0.717, 1.165) is 44.8 Å². The molecule has 0 fully saturated rings. The number of benzene rings is 1. The van der Waals surface area contributed by atoms with Crippen LogP contribution >= 0.6 is 0 Å². The fraction of sp³-hybridized carbons (Fsp3) is 0.562. The van der Waals surface area contributed by atoms with E-state index in [4.69, 9.17) is 11.0 Å². The standard InChI is InChI=1S/C16H26N4/c1-4-19(5-2)11-8-12-20(6-3)15-10-7-9-14(13-17)16(15)18/h7,9-10H,4-6,8,11-12,18H2,1-3H3. The number of nitriles is 1. The molecule has 0 amide bonds. The van der Waals surface area contributed by atoms with Gasteiger partial charge in [-0.15, -0.1) is 0 Å². The summed E-state index contributed by atoms with van der Waals surface area (Å²) >= 11 is 0. The van der Waals surface area contributed by atoms with Gasteiger partial charge in [0.25, 0.3) is 0 Å². The lowest BCUT2D eigenvalue weighted by Crippen LogP contribution is -2.30. The van der Waals surface area contributed by atoms with Crippen LogP contribution in [0.1, 0.15) is 32.8 Å². The first-order chi connectivity index (χ1) is 9.67. The number of rotatable bonds is 8. The summed E-state index contributed by atoms with van der Waals surface area (Å²) in [6, 6.07) is 7.81. The molecule has 0 unspecified atom stereocenters. The molecule has 2 N–H and O–H groups in total. The van der Waals surface area contributed by atoms with Gasteiger partial charge in [-0.3, -0.25) is 0 Å². The summed E-state index contributed by atoms with van der Waals surface area (Å²) in [5, 5.41) is 9.05. The van der Waals surface area contributed by atoms with Crippen LogP contribution in [0.25, 0.3) is 0 Å². The lowest BCUT2D eigenvalue weighted by Gasteiger charge is -2.26. The molecule has 1 aromatic rings. The number of hydrogen-bond acceptors (Lipinski definition) is 4. The van der Waals surface area contributed by atoms with Gasteiger partial charge in [0.1, 0.15) is 6.07 Å². The maximum Gasteiger partial charge on any atom is 0.101 e. The summed E-state index contributed by atoms with van der Waals surface area (Å²) in [7, 11) is 0. The van der Waals surface area contributed by atoms with Crippen molar-refractivity contribution in [1.82, 2.24) is 4.90 Å². The minimum Gasteiger partial charge on any atom is -0.396 e. The van der Waals surface area contributed by atoms with Gasteiger partial charge in [0, 0.05) is 13.1 Å². The largest absolute Gasteiger partial charge is 0.396 e. The molecule has 0 aliphatic carbocycles. The number of nitrogens with two attached hydrogens (primary N) is 1. The third-order valence-electron chi connectivity index (χ3n) is 3.72. The third kappa shape index (κ3) is 4.14. The van der Waals surface area contributed by atoms with Crippen molar-refractivity contribution in [2.75, 3.05) is 43.4 Å². The average Bonchev–Trinajstić information content (AvgIpc) is 2.48. The van der Waals surface area contributed by atoms with Crippen molar-refractivity contribution in [2.45, 2.75) is 27.2 Å². The van der Waals surface area contributed by atoms with Gasteiger partial charge in [-0.1, -0.05) is 19.9 Å². The van der Waals surface area contributed by atoms with Crippen LogP contribution in [0.5, 0.6) is 0 Å². The van der Waals surface area contributed by atoms with Gasteiger partial charge < -0.3 is 15.5 Å². The van der Waals surface area contributed by atoms with Crippen LogP contribution in [0.3, 0.4) is 0 Å². The van der Waals surface area contributed by atoms with Crippen molar-refractivity contribution in [1.29, 1.82) is 5.26 Å². The Labute approximate surface area is 122 Å². The van der Waals surface area contributed by atoms with Crippen molar-refractivity contribution in [2.24, 2.45) is 0 Å². The lowest BCUT2D eigenvalue weighted by molar-refractivity contribution is 0.301. The van der Waals surface area contributed by atoms with Gasteiger partial charge >= 0.3 is 0 Å². The van der Waals surface area contributed by atoms with Crippen molar-refractivity contribution < 1.29 is 0 Å². The topological polar surface area (TPSA) is 56.3 Å². The second kappa shape index (κ2) is 8.44. The number of para-hydroxylation sites is 1. The van der Waals surface area contributed by atoms with Crippen LogP contribution in [0.2, 0.25) is 0 Å². The molecule has 0 spiro atoms. The second-order valence-electron chi connectivity index (χ2n) is 4.81. The van der Waals surface area contributed by atoms with E-state index < -0.39 is 0 Å². The fourth-order valence-corrected chi connectivity index (χ4v) is 2.40. The van der Waals surface area contributed by atoms with Crippen molar-refractivity contribution >= 4 is 11.4 Å². The van der Waals surface area contributed by atoms with Gasteiger partial charge in [-0.05, 0) is 45.1 Å². The molecular weight excluding hydrogens is 248 g/mol. The molecule has 1 aromatic carbocycles. The Balaban J connectivity index is 2.70. The predicted molar refractivity (Wildman–Crippen MR) is 85.9 cm³/mol. The van der Waals surface area contributed by atoms with E-state index in [2.05, 4.69) is 36.6 Å². The minimum atomic E-state index is 0.560. The lowest BCUT2D eigenvalue weighted by atomic mass is 10.1. The molecule has 0 aliphatic rings. The Morgan fingerprint density at radius 3 is 2.35 bits per heavy atom. The average molecular weight is 274 g/mol. The fourth-order valence-electron chi connectivity index (χ4n) is 2.40. The molecule has 110 valence electrons. The van der Waals surface area contributed by atoms with E-state index in [9.17, 15) is 0 Å². The van der Waals surface area contributed by atoms with Gasteiger partial charge in [0.05, 0.1) is 16.9 Å². The molecule has 4 nitrogen and oxygen atoms in total. The molecule has 0 aliphatic heterocycles. The monoisotopic (exact) mass is 274 g/mol. The van der Waals surface area contributed by atoms with Crippen LogP contribution in [0.4, 0.5) is 11.4 Å². The molecule has 0 aromatic heterocycles. The molecule has 0 saturated carbocycles. The molecule has 20 heavy (non-hydrogen) atoms. The van der Waals surface area contributed by atoms with Gasteiger partial charge in [0.2, 0.25) is 0 Å². The Kier molecular flexibility index (Phi) is 6.89. The first-order valence-corrected chi connectivity index (χ1v) is 7.43. The molecule has 0 bridgehead atoms. The normalized spacial score (nSPS) is 10.6. The zero-order valence-electron chi connectivity index (χ0n) is 12.9. The molecular formula is C16H26N4. The van der Waals surface area contributed by atoms with E-state index in [1.54, 1.807) is 6.07 Å². The Hall–Kier alpha value is -1.73. The van der Waals surface area contributed by atoms with Gasteiger partial charge in [-0.2, -0.15) is 5.26 Å². The first kappa shape index (κ1) is 16.3. The molecule has 4 heteroatoms. The summed E-state index contributed by atoms with van der Waals surface area (Å²) in [5.41, 5.74) is 8.21. The molecule has 0 heterocycles. The minimum absolute atomic E-state index is 0.560. The smallest absolute Gasteiger partial charge is 0.101 e. The predicted octanol–water partition coefficient (Wildman–Crippen LogP) is 2.70. The van der Waals surface area contributed by atoms with Crippen LogP contribution < -0.4 is 10.6 Å². The summed E-state index contributed by atoms with van der Waals surface area (Å²) in [5.74, 6) is 0. The SMILES string of the molecule is CCN(CC)CCCN(CC)c1cccc(C#N)c1N. The highest BCUT2D eigenvalue weighted by molar-refractivity contribution is 5.73. The van der Waals surface area contributed by atoms with Crippen LogP contribution in [0, 0.1) is 11.3 Å². The Morgan fingerprint density at radius 2 is 1.80 bits per heavy atom. The Morgan fingerprint density at radius 1 is 1.10 bits per heavy atom. The zero-order valence-corrected chi connectivity index (χ0v) is 12.9. The van der Waals surface area contributed by atoms with Crippen LogP contribution in [-0.4, -0.2) is 37.6 Å². The highest BCUT2D eigenvalue weighted by Gasteiger charge is 2.11. The van der Waals surface area contributed by atoms with E-state index in [-0.39, 0.29) is 0 Å². The van der Waals surface area contributed by atoms with E-state index in [0.29, 0.717) is 11.3 Å². The van der Waals surface area contributed by atoms with Crippen molar-refractivity contribution in [3.8, 4) is 6.07 Å². The number of hydrogen-bond donors (Lipinski definition) is 1. The molecule has 0 saturated heterocycles. The maximum absolute atomic E-state index is 9.05. The highest BCUT2D eigenvalue weighted by atomic mass is 15.1. The summed E-state index contributed by atoms with van der Waals surface area (Å²) in [4.78, 5) is 4.67. The summed E-state index contributed by atoms with van der Waals surface area (Å²) in [6.45, 7) is 11.6. The van der Waals surface area contributed by atoms with E-state index in [1.807, 2.05) is 12.1 Å². The number of nitrogens with zero attached hydrogens (tertiary/aromatic N) is 3. The van der Waals surface area contributed by atoms with Crippen molar-refractivity contribution in [3.63, 3.8) is 0 Å². The molecule has 1 rings (SSSR count). The first-order valence-electron chi connectivity index (χ1n) is 7.43. The molecule has 0 atom stereocenters. The summed E-state index contributed by atoms with van der Waals surface area (Å²) in [6.07, 6.45) is 1.10. The highest BCUT2D eigenvalue weighted by Crippen LogP contribution is 2.26. The second-order valence-corrected chi connectivity index (χ2v) is 4.81. The zero-order chi connectivity index (χ0) is 15.0. The number of nitrogen functional groups attached to an aromatic ring is 1.